The van der Waals surface area contributed by atoms with Crippen LogP contribution >= 0.6 is 0 Å². The summed E-state index contributed by atoms with van der Waals surface area (Å²) in [4.78, 5) is 0. The van der Waals surface area contributed by atoms with E-state index in [1.165, 1.54) is 56.1 Å². The van der Waals surface area contributed by atoms with Gasteiger partial charge in [-0.2, -0.15) is 0 Å². The summed E-state index contributed by atoms with van der Waals surface area (Å²) < 4.78 is 5.82. The lowest BCUT2D eigenvalue weighted by atomic mass is 10.0. The lowest BCUT2D eigenvalue weighted by molar-refractivity contribution is 0.306. The van der Waals surface area contributed by atoms with E-state index in [2.05, 4.69) is 43.3 Å². The molecule has 2 aromatic carbocycles. The molecule has 0 spiro atoms. The van der Waals surface area contributed by atoms with Crippen molar-refractivity contribution in [3.05, 3.63) is 65.7 Å². The number of hydrogen-bond donors (Lipinski definition) is 0. The molecule has 0 aliphatic heterocycles. The maximum Gasteiger partial charge on any atom is 0.119 e. The highest BCUT2D eigenvalue weighted by Crippen LogP contribution is 2.16. The molecule has 0 bridgehead atoms. The predicted octanol–water partition coefficient (Wildman–Crippen LogP) is 6.17. The Bertz CT molecular complexity index is 501. The average molecular weight is 296 g/mol. The Morgan fingerprint density at radius 3 is 2.09 bits per heavy atom. The molecule has 22 heavy (non-hydrogen) atoms. The highest BCUT2D eigenvalue weighted by atomic mass is 16.5. The Labute approximate surface area is 135 Å². The molecular formula is C21H28O. The largest absolute Gasteiger partial charge is 0.489 e. The molecule has 0 aromatic heterocycles. The lowest BCUT2D eigenvalue weighted by Gasteiger charge is -2.07. The topological polar surface area (TPSA) is 9.23 Å². The molecule has 0 N–H and O–H groups in total. The van der Waals surface area contributed by atoms with E-state index >= 15 is 0 Å². The molecule has 0 saturated carbocycles. The van der Waals surface area contributed by atoms with Crippen molar-refractivity contribution in [2.75, 3.05) is 0 Å². The van der Waals surface area contributed by atoms with Gasteiger partial charge >= 0.3 is 0 Å². The van der Waals surface area contributed by atoms with Crippen LogP contribution in [0.2, 0.25) is 0 Å². The molecule has 1 heteroatoms. The Balaban J connectivity index is 1.67. The van der Waals surface area contributed by atoms with Crippen molar-refractivity contribution in [3.8, 4) is 5.75 Å². The molecule has 0 radical (unpaired) electrons. The van der Waals surface area contributed by atoms with Crippen molar-refractivity contribution >= 4 is 0 Å². The van der Waals surface area contributed by atoms with Crippen molar-refractivity contribution in [2.24, 2.45) is 0 Å². The third-order valence-electron chi connectivity index (χ3n) is 3.99. The third kappa shape index (κ3) is 6.34. The summed E-state index contributed by atoms with van der Waals surface area (Å²) in [5, 5.41) is 0. The van der Waals surface area contributed by atoms with Crippen molar-refractivity contribution in [1.29, 1.82) is 0 Å². The SMILES string of the molecule is CCCCCCCCc1ccc(OCc2ccccc2)cc1. The average Bonchev–Trinajstić information content (AvgIpc) is 2.58. The summed E-state index contributed by atoms with van der Waals surface area (Å²) in [6.45, 7) is 2.90. The molecule has 2 rings (SSSR count). The molecule has 0 heterocycles. The molecule has 0 aliphatic carbocycles. The fourth-order valence-electron chi connectivity index (χ4n) is 2.60. The van der Waals surface area contributed by atoms with Crippen LogP contribution < -0.4 is 4.74 Å². The van der Waals surface area contributed by atoms with Crippen LogP contribution in [-0.4, -0.2) is 0 Å². The first-order valence-corrected chi connectivity index (χ1v) is 8.64. The summed E-state index contributed by atoms with van der Waals surface area (Å²) in [7, 11) is 0. The van der Waals surface area contributed by atoms with Crippen molar-refractivity contribution in [2.45, 2.75) is 58.5 Å². The van der Waals surface area contributed by atoms with E-state index in [0.29, 0.717) is 6.61 Å². The number of hydrogen-bond acceptors (Lipinski definition) is 1. The van der Waals surface area contributed by atoms with Crippen LogP contribution in [0.4, 0.5) is 0 Å². The molecular weight excluding hydrogens is 268 g/mol. The van der Waals surface area contributed by atoms with Gasteiger partial charge in [0.25, 0.3) is 0 Å². The van der Waals surface area contributed by atoms with Crippen LogP contribution in [0.3, 0.4) is 0 Å². The van der Waals surface area contributed by atoms with Gasteiger partial charge in [0.2, 0.25) is 0 Å². The third-order valence-corrected chi connectivity index (χ3v) is 3.99. The predicted molar refractivity (Wildman–Crippen MR) is 94.3 cm³/mol. The standard InChI is InChI=1S/C21H28O/c1-2-3-4-5-6-8-11-19-14-16-21(17-15-19)22-18-20-12-9-7-10-13-20/h7,9-10,12-17H,2-6,8,11,18H2,1H3. The first-order valence-electron chi connectivity index (χ1n) is 8.64. The number of unbranched alkanes of at least 4 members (excludes halogenated alkanes) is 5. The first-order chi connectivity index (χ1) is 10.9. The molecule has 0 atom stereocenters. The summed E-state index contributed by atoms with van der Waals surface area (Å²) in [6.07, 6.45) is 9.32. The monoisotopic (exact) mass is 296 g/mol. The van der Waals surface area contributed by atoms with E-state index in [4.69, 9.17) is 4.74 Å². The van der Waals surface area contributed by atoms with Gasteiger partial charge in [0, 0.05) is 0 Å². The maximum absolute atomic E-state index is 5.82. The van der Waals surface area contributed by atoms with E-state index in [1.54, 1.807) is 0 Å². The van der Waals surface area contributed by atoms with E-state index in [9.17, 15) is 0 Å². The summed E-state index contributed by atoms with van der Waals surface area (Å²) >= 11 is 0. The molecule has 118 valence electrons. The Morgan fingerprint density at radius 2 is 1.36 bits per heavy atom. The zero-order chi connectivity index (χ0) is 15.5. The highest BCUT2D eigenvalue weighted by molar-refractivity contribution is 5.27. The van der Waals surface area contributed by atoms with Gasteiger partial charge in [0.15, 0.2) is 0 Å². The van der Waals surface area contributed by atoms with Crippen LogP contribution in [-0.2, 0) is 13.0 Å². The van der Waals surface area contributed by atoms with Gasteiger partial charge in [-0.3, -0.25) is 0 Å². The Morgan fingerprint density at radius 1 is 0.682 bits per heavy atom. The van der Waals surface area contributed by atoms with Crippen LogP contribution in [0.25, 0.3) is 0 Å². The summed E-state index contributed by atoms with van der Waals surface area (Å²) in [5.74, 6) is 0.954. The minimum absolute atomic E-state index is 0.637. The zero-order valence-corrected chi connectivity index (χ0v) is 13.8. The Hall–Kier alpha value is -1.76. The molecule has 0 saturated heterocycles. The fraction of sp³-hybridized carbons (Fsp3) is 0.429. The van der Waals surface area contributed by atoms with E-state index in [0.717, 1.165) is 5.75 Å². The van der Waals surface area contributed by atoms with Crippen LogP contribution in [0.5, 0.6) is 5.75 Å². The summed E-state index contributed by atoms with van der Waals surface area (Å²) in [5.41, 5.74) is 2.63. The second-order valence-electron chi connectivity index (χ2n) is 5.94. The van der Waals surface area contributed by atoms with Crippen molar-refractivity contribution < 1.29 is 4.74 Å². The van der Waals surface area contributed by atoms with Gasteiger partial charge in [-0.05, 0) is 36.1 Å². The number of ether oxygens (including phenoxy) is 1. The second kappa shape index (κ2) is 10.0. The van der Waals surface area contributed by atoms with Crippen LogP contribution in [0.1, 0.15) is 56.6 Å². The van der Waals surface area contributed by atoms with Crippen molar-refractivity contribution in [1.82, 2.24) is 0 Å². The highest BCUT2D eigenvalue weighted by Gasteiger charge is 1.98. The van der Waals surface area contributed by atoms with Gasteiger partial charge in [-0.15, -0.1) is 0 Å². The van der Waals surface area contributed by atoms with Gasteiger partial charge in [0.05, 0.1) is 0 Å². The molecule has 1 nitrogen and oxygen atoms in total. The van der Waals surface area contributed by atoms with Gasteiger partial charge in [0.1, 0.15) is 12.4 Å². The second-order valence-corrected chi connectivity index (χ2v) is 5.94. The van der Waals surface area contributed by atoms with E-state index in [-0.39, 0.29) is 0 Å². The van der Waals surface area contributed by atoms with Crippen LogP contribution in [0.15, 0.2) is 54.6 Å². The minimum atomic E-state index is 0.637. The van der Waals surface area contributed by atoms with Crippen molar-refractivity contribution in [3.63, 3.8) is 0 Å². The maximum atomic E-state index is 5.82. The molecule has 0 unspecified atom stereocenters. The molecule has 2 aromatic rings. The van der Waals surface area contributed by atoms with Gasteiger partial charge in [-0.25, -0.2) is 0 Å². The van der Waals surface area contributed by atoms with Crippen LogP contribution in [0, 0.1) is 0 Å². The number of aryl methyl sites for hydroxylation is 1. The molecule has 0 aliphatic rings. The van der Waals surface area contributed by atoms with Gasteiger partial charge in [-0.1, -0.05) is 81.5 Å². The quantitative estimate of drug-likeness (QED) is 0.476. The lowest BCUT2D eigenvalue weighted by Crippen LogP contribution is -1.95. The normalized spacial score (nSPS) is 10.6. The fourth-order valence-corrected chi connectivity index (χ4v) is 2.60. The number of rotatable bonds is 10. The smallest absolute Gasteiger partial charge is 0.119 e. The Kier molecular flexibility index (Phi) is 7.59. The minimum Gasteiger partial charge on any atom is -0.489 e. The summed E-state index contributed by atoms with van der Waals surface area (Å²) in [6, 6.07) is 18.9. The van der Waals surface area contributed by atoms with E-state index < -0.39 is 0 Å². The first kappa shape index (κ1) is 16.6. The molecule has 0 fully saturated rings. The molecule has 0 amide bonds. The zero-order valence-electron chi connectivity index (χ0n) is 13.8. The number of benzene rings is 2. The van der Waals surface area contributed by atoms with E-state index in [1.807, 2.05) is 18.2 Å². The van der Waals surface area contributed by atoms with Gasteiger partial charge < -0.3 is 4.74 Å².